The molecule has 0 spiro atoms. The Bertz CT molecular complexity index is 596. The van der Waals surface area contributed by atoms with E-state index in [9.17, 15) is 13.2 Å². The molecule has 6 nitrogen and oxygen atoms in total. The van der Waals surface area contributed by atoms with Crippen LogP contribution in [-0.2, 0) is 12.7 Å². The number of alkyl halides is 3. The Morgan fingerprint density at radius 2 is 2.00 bits per heavy atom. The second-order valence-electron chi connectivity index (χ2n) is 4.00. The molecule has 2 aromatic rings. The zero-order valence-corrected chi connectivity index (χ0v) is 10.7. The van der Waals surface area contributed by atoms with Crippen molar-refractivity contribution >= 4 is 11.8 Å². The Hall–Kier alpha value is -2.32. The standard InChI is InChI=1S/C11H12F3N5O/c1-6-3-7(20-19-6)5-16-9-4-8(11(12,13)14)17-10(15-2)18-9/h3-4H,5H2,1-2H3,(H2,15,16,17,18). The van der Waals surface area contributed by atoms with Gasteiger partial charge in [-0.15, -0.1) is 0 Å². The molecule has 0 atom stereocenters. The summed E-state index contributed by atoms with van der Waals surface area (Å²) in [6.07, 6.45) is -4.53. The molecule has 0 unspecified atom stereocenters. The van der Waals surface area contributed by atoms with Crippen LogP contribution in [0.25, 0.3) is 0 Å². The van der Waals surface area contributed by atoms with Gasteiger partial charge < -0.3 is 15.2 Å². The van der Waals surface area contributed by atoms with E-state index >= 15 is 0 Å². The predicted molar refractivity (Wildman–Crippen MR) is 65.1 cm³/mol. The van der Waals surface area contributed by atoms with E-state index in [1.54, 1.807) is 13.0 Å². The number of rotatable bonds is 4. The van der Waals surface area contributed by atoms with Crippen LogP contribution in [0.3, 0.4) is 0 Å². The number of nitrogens with zero attached hydrogens (tertiary/aromatic N) is 3. The number of hydrogen-bond donors (Lipinski definition) is 2. The van der Waals surface area contributed by atoms with Crippen molar-refractivity contribution in [1.29, 1.82) is 0 Å². The quantitative estimate of drug-likeness (QED) is 0.899. The molecule has 0 amide bonds. The molecule has 9 heteroatoms. The van der Waals surface area contributed by atoms with E-state index in [2.05, 4.69) is 25.8 Å². The monoisotopic (exact) mass is 287 g/mol. The van der Waals surface area contributed by atoms with Crippen LogP contribution in [-0.4, -0.2) is 22.2 Å². The molecule has 2 aromatic heterocycles. The van der Waals surface area contributed by atoms with Crippen LogP contribution in [0.5, 0.6) is 0 Å². The number of aromatic nitrogens is 3. The highest BCUT2D eigenvalue weighted by Gasteiger charge is 2.33. The van der Waals surface area contributed by atoms with Crippen LogP contribution in [0.15, 0.2) is 16.7 Å². The van der Waals surface area contributed by atoms with Crippen molar-refractivity contribution in [3.63, 3.8) is 0 Å². The van der Waals surface area contributed by atoms with E-state index in [1.165, 1.54) is 7.05 Å². The second-order valence-corrected chi connectivity index (χ2v) is 4.00. The average Bonchev–Trinajstić information content (AvgIpc) is 2.81. The van der Waals surface area contributed by atoms with E-state index in [-0.39, 0.29) is 18.3 Å². The first-order valence-electron chi connectivity index (χ1n) is 5.68. The van der Waals surface area contributed by atoms with Gasteiger partial charge in [0.05, 0.1) is 12.2 Å². The second kappa shape index (κ2) is 5.35. The van der Waals surface area contributed by atoms with Crippen LogP contribution in [0.2, 0.25) is 0 Å². The van der Waals surface area contributed by atoms with Gasteiger partial charge >= 0.3 is 6.18 Å². The SMILES string of the molecule is CNc1nc(NCc2cc(C)no2)cc(C(F)(F)F)n1. The van der Waals surface area contributed by atoms with Crippen molar-refractivity contribution in [3.8, 4) is 0 Å². The highest BCUT2D eigenvalue weighted by molar-refractivity contribution is 5.43. The van der Waals surface area contributed by atoms with Crippen molar-refractivity contribution in [2.24, 2.45) is 0 Å². The summed E-state index contributed by atoms with van der Waals surface area (Å²) in [6, 6.07) is 2.52. The first kappa shape index (κ1) is 14.1. The largest absolute Gasteiger partial charge is 0.433 e. The van der Waals surface area contributed by atoms with E-state index < -0.39 is 11.9 Å². The Kier molecular flexibility index (Phi) is 3.77. The fraction of sp³-hybridized carbons (Fsp3) is 0.364. The molecule has 0 fully saturated rings. The van der Waals surface area contributed by atoms with Gasteiger partial charge in [0.25, 0.3) is 0 Å². The molecule has 2 N–H and O–H groups in total. The van der Waals surface area contributed by atoms with Gasteiger partial charge in [0.1, 0.15) is 5.82 Å². The first-order chi connectivity index (χ1) is 9.38. The topological polar surface area (TPSA) is 75.9 Å². The molecule has 0 saturated heterocycles. The highest BCUT2D eigenvalue weighted by atomic mass is 19.4. The molecule has 0 radical (unpaired) electrons. The summed E-state index contributed by atoms with van der Waals surface area (Å²) >= 11 is 0. The highest BCUT2D eigenvalue weighted by Crippen LogP contribution is 2.29. The normalized spacial score (nSPS) is 11.4. The zero-order valence-electron chi connectivity index (χ0n) is 10.7. The van der Waals surface area contributed by atoms with Gasteiger partial charge in [-0.25, -0.2) is 4.98 Å². The van der Waals surface area contributed by atoms with Crippen molar-refractivity contribution in [3.05, 3.63) is 29.3 Å². The Labute approximate surface area is 112 Å². The number of anilines is 2. The Morgan fingerprint density at radius 1 is 1.25 bits per heavy atom. The fourth-order valence-corrected chi connectivity index (χ4v) is 1.47. The van der Waals surface area contributed by atoms with Gasteiger partial charge in [-0.05, 0) is 6.92 Å². The zero-order chi connectivity index (χ0) is 14.8. The summed E-state index contributed by atoms with van der Waals surface area (Å²) in [5.74, 6) is 0.433. The van der Waals surface area contributed by atoms with E-state index in [1.807, 2.05) is 0 Å². The summed E-state index contributed by atoms with van der Waals surface area (Å²) < 4.78 is 43.0. The summed E-state index contributed by atoms with van der Waals surface area (Å²) in [5, 5.41) is 8.90. The van der Waals surface area contributed by atoms with Crippen LogP contribution < -0.4 is 10.6 Å². The van der Waals surface area contributed by atoms with Crippen LogP contribution in [0, 0.1) is 6.92 Å². The minimum Gasteiger partial charge on any atom is -0.363 e. The van der Waals surface area contributed by atoms with Crippen molar-refractivity contribution in [2.75, 3.05) is 17.7 Å². The molecule has 0 aliphatic heterocycles. The third-order valence-electron chi connectivity index (χ3n) is 2.36. The maximum atomic E-state index is 12.7. The minimum absolute atomic E-state index is 0.0470. The molecule has 0 aliphatic rings. The molecule has 108 valence electrons. The lowest BCUT2D eigenvalue weighted by Crippen LogP contribution is -2.13. The minimum atomic E-state index is -4.53. The number of aryl methyl sites for hydroxylation is 1. The third kappa shape index (κ3) is 3.37. The number of halogens is 3. The van der Waals surface area contributed by atoms with Gasteiger partial charge in [-0.2, -0.15) is 18.2 Å². The summed E-state index contributed by atoms with van der Waals surface area (Å²) in [5.41, 5.74) is -0.329. The first-order valence-corrected chi connectivity index (χ1v) is 5.68. The van der Waals surface area contributed by atoms with Gasteiger partial charge in [-0.1, -0.05) is 5.16 Å². The third-order valence-corrected chi connectivity index (χ3v) is 2.36. The molecular weight excluding hydrogens is 275 g/mol. The Morgan fingerprint density at radius 3 is 2.55 bits per heavy atom. The van der Waals surface area contributed by atoms with Crippen molar-refractivity contribution in [1.82, 2.24) is 15.1 Å². The average molecular weight is 287 g/mol. The predicted octanol–water partition coefficient (Wildman–Crippen LogP) is 2.45. The number of nitrogens with one attached hydrogen (secondary N) is 2. The van der Waals surface area contributed by atoms with Gasteiger partial charge in [0.15, 0.2) is 11.5 Å². The van der Waals surface area contributed by atoms with Gasteiger partial charge in [0, 0.05) is 19.2 Å². The van der Waals surface area contributed by atoms with Crippen molar-refractivity contribution in [2.45, 2.75) is 19.6 Å². The van der Waals surface area contributed by atoms with E-state index in [0.717, 1.165) is 6.07 Å². The van der Waals surface area contributed by atoms with Gasteiger partial charge in [-0.3, -0.25) is 0 Å². The molecule has 2 heterocycles. The lowest BCUT2D eigenvalue weighted by Gasteiger charge is -2.10. The lowest BCUT2D eigenvalue weighted by molar-refractivity contribution is -0.141. The summed E-state index contributed by atoms with van der Waals surface area (Å²) in [4.78, 5) is 7.25. The van der Waals surface area contributed by atoms with Crippen LogP contribution in [0.1, 0.15) is 17.1 Å². The van der Waals surface area contributed by atoms with E-state index in [4.69, 9.17) is 4.52 Å². The molecule has 0 aliphatic carbocycles. The summed E-state index contributed by atoms with van der Waals surface area (Å²) in [6.45, 7) is 1.93. The molecular formula is C11H12F3N5O. The maximum absolute atomic E-state index is 12.7. The van der Waals surface area contributed by atoms with Crippen molar-refractivity contribution < 1.29 is 17.7 Å². The van der Waals surface area contributed by atoms with Crippen LogP contribution >= 0.6 is 0 Å². The molecule has 20 heavy (non-hydrogen) atoms. The van der Waals surface area contributed by atoms with Gasteiger partial charge in [0.2, 0.25) is 5.95 Å². The molecule has 2 rings (SSSR count). The fourth-order valence-electron chi connectivity index (χ4n) is 1.47. The maximum Gasteiger partial charge on any atom is 0.433 e. The Balaban J connectivity index is 2.18. The summed E-state index contributed by atoms with van der Waals surface area (Å²) in [7, 11) is 1.44. The molecule has 0 saturated carbocycles. The number of hydrogen-bond acceptors (Lipinski definition) is 6. The lowest BCUT2D eigenvalue weighted by atomic mass is 10.3. The molecule has 0 bridgehead atoms. The van der Waals surface area contributed by atoms with Crippen LogP contribution in [0.4, 0.5) is 24.9 Å². The molecule has 0 aromatic carbocycles. The smallest absolute Gasteiger partial charge is 0.363 e. The van der Waals surface area contributed by atoms with E-state index in [0.29, 0.717) is 11.5 Å².